The van der Waals surface area contributed by atoms with Crippen molar-refractivity contribution in [2.24, 2.45) is 0 Å². The molecule has 0 saturated heterocycles. The Hall–Kier alpha value is -6.28. The summed E-state index contributed by atoms with van der Waals surface area (Å²) in [5.74, 6) is -11.4. The van der Waals surface area contributed by atoms with Crippen LogP contribution in [0.5, 0.6) is 0 Å². The highest BCUT2D eigenvalue weighted by Crippen LogP contribution is 2.32. The van der Waals surface area contributed by atoms with E-state index in [4.69, 9.17) is 10.8 Å². The number of carboxylic acids is 1. The normalized spacial score (nSPS) is 10.8. The standard InChI is InChI=1S/C15H9F5N2O3.C8H3F5O2.C7H8N2O2/c1-25-14(24)11-6-8(2-3-21-11)22-13(23)12-9(16)4-7(5-10(12)17)15(18,19)20;9-4-1-3(8(11,12)13)2-5(10)6(4)7(14)15;1-11-7(10)6-4-5(8)2-3-9-6/h2-6H,1H3,(H,21,22,23);1-2H,(H,14,15);2-4H,1H3,(H2,8,9). The first-order valence-electron chi connectivity index (χ1n) is 13.1. The minimum absolute atomic E-state index is 0.0183. The van der Waals surface area contributed by atoms with Crippen LogP contribution in [0.4, 0.5) is 55.3 Å². The maximum atomic E-state index is 13.8. The number of carbonyl (C=O) groups excluding carboxylic acids is 3. The van der Waals surface area contributed by atoms with Gasteiger partial charge in [0.25, 0.3) is 5.91 Å². The lowest BCUT2D eigenvalue weighted by molar-refractivity contribution is -0.138. The van der Waals surface area contributed by atoms with Crippen LogP contribution in [-0.4, -0.2) is 53.1 Å². The smallest absolute Gasteiger partial charge is 0.416 e. The van der Waals surface area contributed by atoms with Crippen molar-refractivity contribution in [1.82, 2.24) is 9.97 Å². The Labute approximate surface area is 278 Å². The zero-order chi connectivity index (χ0) is 38.8. The van der Waals surface area contributed by atoms with E-state index in [9.17, 15) is 63.1 Å². The predicted octanol–water partition coefficient (Wildman–Crippen LogP) is 6.55. The van der Waals surface area contributed by atoms with E-state index in [1.54, 1.807) is 6.07 Å². The molecule has 0 aliphatic rings. The Balaban J connectivity index is 0.000000293. The molecule has 2 aromatic carbocycles. The third kappa shape index (κ3) is 11.4. The summed E-state index contributed by atoms with van der Waals surface area (Å²) in [6, 6.07) is 5.26. The molecule has 0 bridgehead atoms. The largest absolute Gasteiger partial charge is 0.477 e. The minimum Gasteiger partial charge on any atom is -0.477 e. The molecule has 4 rings (SSSR count). The number of hydrogen-bond donors (Lipinski definition) is 3. The first-order chi connectivity index (χ1) is 23.6. The Bertz CT molecular complexity index is 1890. The molecule has 4 N–H and O–H groups in total. The summed E-state index contributed by atoms with van der Waals surface area (Å²) < 4.78 is 135. The van der Waals surface area contributed by atoms with Gasteiger partial charge in [-0.2, -0.15) is 26.3 Å². The minimum atomic E-state index is -4.96. The van der Waals surface area contributed by atoms with Gasteiger partial charge in [-0.1, -0.05) is 0 Å². The van der Waals surface area contributed by atoms with Crippen LogP contribution in [0.25, 0.3) is 0 Å². The third-order valence-corrected chi connectivity index (χ3v) is 5.77. The summed E-state index contributed by atoms with van der Waals surface area (Å²) in [5.41, 5.74) is 0.173. The number of hydrogen-bond acceptors (Lipinski definition) is 9. The Morgan fingerprint density at radius 2 is 1.06 bits per heavy atom. The second-order valence-electron chi connectivity index (χ2n) is 9.27. The molecule has 0 atom stereocenters. The van der Waals surface area contributed by atoms with Crippen LogP contribution in [0.1, 0.15) is 52.8 Å². The maximum Gasteiger partial charge on any atom is 0.416 e. The molecule has 0 saturated carbocycles. The molecular formula is C30H20F10N4O7. The second-order valence-corrected chi connectivity index (χ2v) is 9.27. The number of alkyl halides is 6. The number of esters is 2. The van der Waals surface area contributed by atoms with Gasteiger partial charge in [0, 0.05) is 23.8 Å². The van der Waals surface area contributed by atoms with E-state index >= 15 is 0 Å². The van der Waals surface area contributed by atoms with E-state index in [1.807, 2.05) is 0 Å². The van der Waals surface area contributed by atoms with Crippen LogP contribution in [-0.2, 0) is 21.8 Å². The van der Waals surface area contributed by atoms with E-state index in [0.29, 0.717) is 5.69 Å². The van der Waals surface area contributed by atoms with Crippen molar-refractivity contribution in [2.45, 2.75) is 12.4 Å². The molecule has 0 unspecified atom stereocenters. The number of amides is 1. The first kappa shape index (κ1) is 40.9. The number of halogens is 10. The first-order valence-corrected chi connectivity index (χ1v) is 13.1. The number of aromatic carboxylic acids is 1. The summed E-state index contributed by atoms with van der Waals surface area (Å²) in [5, 5.41) is 10.3. The van der Waals surface area contributed by atoms with Crippen molar-refractivity contribution in [1.29, 1.82) is 0 Å². The highest BCUT2D eigenvalue weighted by atomic mass is 19.4. The number of carboxylic acid groups (broad SMARTS) is 1. The fraction of sp³-hybridized carbons (Fsp3) is 0.133. The van der Waals surface area contributed by atoms with Crippen LogP contribution in [0.2, 0.25) is 0 Å². The average Bonchev–Trinajstić information content (AvgIpc) is 3.03. The van der Waals surface area contributed by atoms with Crippen molar-refractivity contribution in [3.05, 3.63) is 118 Å². The number of benzene rings is 2. The number of ether oxygens (including phenoxy) is 2. The number of nitrogen functional groups attached to an aromatic ring is 1. The lowest BCUT2D eigenvalue weighted by Gasteiger charge is -2.11. The van der Waals surface area contributed by atoms with Gasteiger partial charge in [0.15, 0.2) is 0 Å². The van der Waals surface area contributed by atoms with Crippen molar-refractivity contribution < 1.29 is 77.7 Å². The third-order valence-electron chi connectivity index (χ3n) is 5.77. The van der Waals surface area contributed by atoms with E-state index in [-0.39, 0.29) is 41.3 Å². The van der Waals surface area contributed by atoms with Gasteiger partial charge in [0.1, 0.15) is 45.8 Å². The highest BCUT2D eigenvalue weighted by molar-refractivity contribution is 6.05. The number of carbonyl (C=O) groups is 4. The fourth-order valence-corrected chi connectivity index (χ4v) is 3.48. The van der Waals surface area contributed by atoms with Gasteiger partial charge in [-0.05, 0) is 48.5 Å². The van der Waals surface area contributed by atoms with Gasteiger partial charge in [0.2, 0.25) is 0 Å². The lowest BCUT2D eigenvalue weighted by atomic mass is 10.1. The summed E-state index contributed by atoms with van der Waals surface area (Å²) in [4.78, 5) is 51.8. The SMILES string of the molecule is COC(=O)c1cc(N)ccn1.COC(=O)c1cc(NC(=O)c2c(F)cc(C(F)(F)F)cc2F)ccn1.O=C(O)c1c(F)cc(C(F)(F)F)cc1F. The molecular weight excluding hydrogens is 718 g/mol. The van der Waals surface area contributed by atoms with Crippen LogP contribution in [0.15, 0.2) is 60.9 Å². The number of methoxy groups -OCH3 is 2. The van der Waals surface area contributed by atoms with Crippen molar-refractivity contribution in [2.75, 3.05) is 25.3 Å². The zero-order valence-corrected chi connectivity index (χ0v) is 25.4. The van der Waals surface area contributed by atoms with E-state index < -0.39 is 81.7 Å². The number of rotatable bonds is 5. The maximum absolute atomic E-state index is 13.8. The zero-order valence-electron chi connectivity index (χ0n) is 25.4. The molecule has 0 aliphatic heterocycles. The molecule has 0 spiro atoms. The number of nitrogens with two attached hydrogens (primary N) is 1. The molecule has 2 aromatic heterocycles. The summed E-state index contributed by atoms with van der Waals surface area (Å²) >= 11 is 0. The summed E-state index contributed by atoms with van der Waals surface area (Å²) in [6.07, 6.45) is -7.29. The molecule has 21 heteroatoms. The molecule has 0 radical (unpaired) electrons. The van der Waals surface area contributed by atoms with E-state index in [0.717, 1.165) is 19.4 Å². The van der Waals surface area contributed by atoms with Crippen molar-refractivity contribution in [3.8, 4) is 0 Å². The molecule has 1 amide bonds. The summed E-state index contributed by atoms with van der Waals surface area (Å²) in [7, 11) is 2.40. The van der Waals surface area contributed by atoms with Gasteiger partial charge in [-0.3, -0.25) is 4.79 Å². The number of pyridine rings is 2. The van der Waals surface area contributed by atoms with Crippen molar-refractivity contribution in [3.63, 3.8) is 0 Å². The van der Waals surface area contributed by atoms with Gasteiger partial charge in [0.05, 0.1) is 25.3 Å². The fourth-order valence-electron chi connectivity index (χ4n) is 3.48. The molecule has 272 valence electrons. The molecule has 4 aromatic rings. The quantitative estimate of drug-likeness (QED) is 0.151. The Morgan fingerprint density at radius 3 is 1.43 bits per heavy atom. The lowest BCUT2D eigenvalue weighted by Crippen LogP contribution is -2.18. The van der Waals surface area contributed by atoms with Crippen LogP contribution >= 0.6 is 0 Å². The summed E-state index contributed by atoms with van der Waals surface area (Å²) in [6.45, 7) is 0. The molecule has 51 heavy (non-hydrogen) atoms. The van der Waals surface area contributed by atoms with Crippen LogP contribution in [0.3, 0.4) is 0 Å². The van der Waals surface area contributed by atoms with Gasteiger partial charge in [-0.25, -0.2) is 41.9 Å². The van der Waals surface area contributed by atoms with Crippen LogP contribution in [0, 0.1) is 23.3 Å². The number of nitrogens with zero attached hydrogens (tertiary/aromatic N) is 2. The Morgan fingerprint density at radius 1 is 0.667 bits per heavy atom. The highest BCUT2D eigenvalue weighted by Gasteiger charge is 2.34. The average molecular weight is 738 g/mol. The second kappa shape index (κ2) is 16.9. The van der Waals surface area contributed by atoms with Crippen LogP contribution < -0.4 is 11.1 Å². The monoisotopic (exact) mass is 738 g/mol. The molecule has 11 nitrogen and oxygen atoms in total. The van der Waals surface area contributed by atoms with E-state index in [1.165, 1.54) is 25.4 Å². The molecule has 2 heterocycles. The molecule has 0 aliphatic carbocycles. The number of nitrogens with one attached hydrogen (secondary N) is 1. The predicted molar refractivity (Wildman–Crippen MR) is 153 cm³/mol. The number of anilines is 2. The van der Waals surface area contributed by atoms with Crippen molar-refractivity contribution >= 4 is 35.2 Å². The van der Waals surface area contributed by atoms with Gasteiger partial charge < -0.3 is 25.6 Å². The van der Waals surface area contributed by atoms with Gasteiger partial charge in [-0.15, -0.1) is 0 Å². The Kier molecular flexibility index (Phi) is 13.5. The van der Waals surface area contributed by atoms with E-state index in [2.05, 4.69) is 24.8 Å². The molecule has 0 fully saturated rings. The number of aromatic nitrogens is 2. The van der Waals surface area contributed by atoms with Gasteiger partial charge >= 0.3 is 30.3 Å². The topological polar surface area (TPSA) is 171 Å².